The molecule has 39 heavy (non-hydrogen) atoms. The monoisotopic (exact) mass is 528 g/mol. The largest absolute Gasteiger partial charge is 0.324 e. The average molecular weight is 529 g/mol. The summed E-state index contributed by atoms with van der Waals surface area (Å²) in [5.41, 5.74) is 4.87. The summed E-state index contributed by atoms with van der Waals surface area (Å²) in [6.07, 6.45) is 4.93. The smallest absolute Gasteiger partial charge is 0.255 e. The molecule has 2 N–H and O–H groups in total. The summed E-state index contributed by atoms with van der Waals surface area (Å²) in [6.45, 7) is 3.15. The topological polar surface area (TPSA) is 108 Å². The van der Waals surface area contributed by atoms with Gasteiger partial charge >= 0.3 is 0 Å². The number of imide groups is 1. The first-order valence-electron chi connectivity index (χ1n) is 13.3. The average Bonchev–Trinajstić information content (AvgIpc) is 3.26. The molecule has 6 rings (SSSR count). The summed E-state index contributed by atoms with van der Waals surface area (Å²) in [7, 11) is 0. The van der Waals surface area contributed by atoms with Crippen LogP contribution < -0.4 is 10.6 Å². The zero-order valence-corrected chi connectivity index (χ0v) is 21.4. The highest BCUT2D eigenvalue weighted by molar-refractivity contribution is 6.05. The molecule has 4 heterocycles. The second kappa shape index (κ2) is 10.5. The highest BCUT2D eigenvalue weighted by Gasteiger charge is 2.39. The first kappa shape index (κ1) is 25.1. The summed E-state index contributed by atoms with van der Waals surface area (Å²) < 4.78 is 13.1. The number of piperidine rings is 2. The number of likely N-dealkylation sites (tertiary alicyclic amines) is 1. The summed E-state index contributed by atoms with van der Waals surface area (Å²) in [5.74, 6) is -0.507. The number of carbonyl (C=O) groups is 3. The normalized spacial score (nSPS) is 20.2. The van der Waals surface area contributed by atoms with Gasteiger partial charge in [0.05, 0.1) is 12.4 Å². The Bertz CT molecular complexity index is 1420. The van der Waals surface area contributed by atoms with Gasteiger partial charge in [-0.3, -0.25) is 24.6 Å². The molecule has 200 valence electrons. The summed E-state index contributed by atoms with van der Waals surface area (Å²) in [5, 5.41) is 5.47. The molecule has 9 nitrogen and oxygen atoms in total. The number of amides is 3. The molecule has 2 fully saturated rings. The Morgan fingerprint density at radius 2 is 1.79 bits per heavy atom. The van der Waals surface area contributed by atoms with Crippen LogP contribution in [0, 0.1) is 5.82 Å². The van der Waals surface area contributed by atoms with Gasteiger partial charge in [0.15, 0.2) is 5.82 Å². The van der Waals surface area contributed by atoms with Gasteiger partial charge in [-0.15, -0.1) is 0 Å². The third-order valence-corrected chi connectivity index (χ3v) is 7.82. The zero-order chi connectivity index (χ0) is 26.9. The van der Waals surface area contributed by atoms with Crippen molar-refractivity contribution in [3.63, 3.8) is 0 Å². The second-order valence-electron chi connectivity index (χ2n) is 10.4. The molecular formula is C29H29FN6O3. The lowest BCUT2D eigenvalue weighted by Crippen LogP contribution is -2.52. The number of carbonyl (C=O) groups excluding carboxylic acids is 3. The Balaban J connectivity index is 1.05. The Morgan fingerprint density at radius 1 is 1.00 bits per heavy atom. The van der Waals surface area contributed by atoms with Crippen molar-refractivity contribution in [2.75, 3.05) is 18.4 Å². The number of aromatic nitrogens is 2. The van der Waals surface area contributed by atoms with Gasteiger partial charge in [-0.05, 0) is 73.2 Å². The first-order chi connectivity index (χ1) is 18.9. The number of hydrogen-bond donors (Lipinski definition) is 2. The maximum Gasteiger partial charge on any atom is 0.255 e. The van der Waals surface area contributed by atoms with Crippen LogP contribution in [0.1, 0.15) is 58.6 Å². The van der Waals surface area contributed by atoms with E-state index in [1.165, 1.54) is 11.1 Å². The van der Waals surface area contributed by atoms with Crippen LogP contribution in [0.3, 0.4) is 0 Å². The first-order valence-corrected chi connectivity index (χ1v) is 13.3. The van der Waals surface area contributed by atoms with Gasteiger partial charge in [0.2, 0.25) is 17.8 Å². The number of benzene rings is 2. The van der Waals surface area contributed by atoms with Gasteiger partial charge in [0.25, 0.3) is 5.91 Å². The lowest BCUT2D eigenvalue weighted by atomic mass is 9.87. The van der Waals surface area contributed by atoms with E-state index in [1.807, 2.05) is 18.2 Å². The number of fused-ring (bicyclic) bond motifs is 1. The molecule has 0 bridgehead atoms. The van der Waals surface area contributed by atoms with Crippen molar-refractivity contribution in [2.24, 2.45) is 0 Å². The minimum atomic E-state index is -0.591. The summed E-state index contributed by atoms with van der Waals surface area (Å²) >= 11 is 0. The van der Waals surface area contributed by atoms with Crippen molar-refractivity contribution in [1.29, 1.82) is 0 Å². The number of nitrogens with one attached hydrogen (secondary N) is 2. The molecule has 2 saturated heterocycles. The van der Waals surface area contributed by atoms with Gasteiger partial charge in [-0.1, -0.05) is 24.3 Å². The number of hydrogen-bond acceptors (Lipinski definition) is 7. The molecule has 10 heteroatoms. The van der Waals surface area contributed by atoms with Crippen molar-refractivity contribution in [2.45, 2.75) is 50.7 Å². The predicted molar refractivity (Wildman–Crippen MR) is 141 cm³/mol. The van der Waals surface area contributed by atoms with Gasteiger partial charge < -0.3 is 10.2 Å². The van der Waals surface area contributed by atoms with Crippen LogP contribution in [-0.2, 0) is 22.7 Å². The molecule has 0 spiro atoms. The fraction of sp³-hybridized carbons (Fsp3) is 0.345. The fourth-order valence-corrected chi connectivity index (χ4v) is 5.78. The minimum Gasteiger partial charge on any atom is -0.324 e. The van der Waals surface area contributed by atoms with E-state index in [9.17, 15) is 18.8 Å². The van der Waals surface area contributed by atoms with Gasteiger partial charge in [0, 0.05) is 30.8 Å². The molecule has 3 aliphatic rings. The molecule has 0 radical (unpaired) electrons. The highest BCUT2D eigenvalue weighted by Crippen LogP contribution is 2.34. The molecule has 3 aliphatic heterocycles. The lowest BCUT2D eigenvalue weighted by molar-refractivity contribution is -0.136. The molecule has 3 aromatic rings. The Hall–Kier alpha value is -4.18. The van der Waals surface area contributed by atoms with E-state index in [0.717, 1.165) is 56.1 Å². The van der Waals surface area contributed by atoms with E-state index in [4.69, 9.17) is 0 Å². The van der Waals surface area contributed by atoms with Crippen LogP contribution in [0.4, 0.5) is 16.0 Å². The fourth-order valence-electron chi connectivity index (χ4n) is 5.78. The molecule has 0 aliphatic carbocycles. The number of halogens is 1. The van der Waals surface area contributed by atoms with E-state index in [0.29, 0.717) is 30.4 Å². The van der Waals surface area contributed by atoms with Crippen molar-refractivity contribution in [3.05, 3.63) is 82.9 Å². The Morgan fingerprint density at radius 3 is 2.56 bits per heavy atom. The Kier molecular flexibility index (Phi) is 6.78. The Labute approximate surface area is 225 Å². The van der Waals surface area contributed by atoms with E-state index in [-0.39, 0.29) is 24.1 Å². The molecule has 1 unspecified atom stereocenters. The standard InChI is InChI=1S/C29H29FN6O3/c30-22-14-31-29(32-15-22)33-23-3-1-2-18(12-23)16-35-10-8-19(9-11-35)20-4-5-24-21(13-20)17-36(28(24)39)25-6-7-26(37)34-27(25)38/h1-5,12-15,19,25H,6-11,16-17H2,(H,31,32,33)(H,34,37,38). The van der Waals surface area contributed by atoms with Gasteiger partial charge in [-0.25, -0.2) is 14.4 Å². The third-order valence-electron chi connectivity index (χ3n) is 7.82. The van der Waals surface area contributed by atoms with Gasteiger partial charge in [0.1, 0.15) is 6.04 Å². The van der Waals surface area contributed by atoms with Crippen molar-refractivity contribution in [3.8, 4) is 0 Å². The van der Waals surface area contributed by atoms with E-state index in [1.54, 1.807) is 4.90 Å². The zero-order valence-electron chi connectivity index (χ0n) is 21.4. The van der Waals surface area contributed by atoms with Gasteiger partial charge in [-0.2, -0.15) is 0 Å². The highest BCUT2D eigenvalue weighted by atomic mass is 19.1. The molecule has 1 aromatic heterocycles. The minimum absolute atomic E-state index is 0.136. The van der Waals surface area contributed by atoms with Crippen molar-refractivity contribution < 1.29 is 18.8 Å². The van der Waals surface area contributed by atoms with Crippen LogP contribution in [0.5, 0.6) is 0 Å². The molecule has 1 atom stereocenters. The van der Waals surface area contributed by atoms with Crippen LogP contribution in [0.15, 0.2) is 54.9 Å². The quantitative estimate of drug-likeness (QED) is 0.472. The van der Waals surface area contributed by atoms with E-state index >= 15 is 0 Å². The van der Waals surface area contributed by atoms with Crippen LogP contribution in [-0.4, -0.2) is 56.6 Å². The number of rotatable bonds is 6. The van der Waals surface area contributed by atoms with Crippen molar-refractivity contribution in [1.82, 2.24) is 25.1 Å². The number of nitrogens with zero attached hydrogens (tertiary/aromatic N) is 4. The molecule has 2 aromatic carbocycles. The third kappa shape index (κ3) is 5.37. The maximum atomic E-state index is 13.1. The van der Waals surface area contributed by atoms with E-state index < -0.39 is 11.9 Å². The van der Waals surface area contributed by atoms with Crippen molar-refractivity contribution >= 4 is 29.4 Å². The van der Waals surface area contributed by atoms with Crippen LogP contribution >= 0.6 is 0 Å². The summed E-state index contributed by atoms with van der Waals surface area (Å²) in [4.78, 5) is 48.8. The number of anilines is 2. The van der Waals surface area contributed by atoms with E-state index in [2.05, 4.69) is 49.8 Å². The lowest BCUT2D eigenvalue weighted by Gasteiger charge is -2.32. The molecular weight excluding hydrogens is 499 g/mol. The maximum absolute atomic E-state index is 13.1. The summed E-state index contributed by atoms with van der Waals surface area (Å²) in [6, 6.07) is 13.6. The van der Waals surface area contributed by atoms with Crippen LogP contribution in [0.25, 0.3) is 0 Å². The SMILES string of the molecule is O=C1CCC(N2Cc3cc(C4CCN(Cc5cccc(Nc6ncc(F)cn6)c5)CC4)ccc3C2=O)C(=O)N1. The molecule has 3 amide bonds. The second-order valence-corrected chi connectivity index (χ2v) is 10.4. The molecule has 0 saturated carbocycles. The van der Waals surface area contributed by atoms with Crippen LogP contribution in [0.2, 0.25) is 0 Å². The predicted octanol–water partition coefficient (Wildman–Crippen LogP) is 3.50.